The molecule has 1 aliphatic rings. The van der Waals surface area contributed by atoms with Crippen LogP contribution in [-0.2, 0) is 17.1 Å². The number of nitrogens with one attached hydrogen (secondary N) is 2. The molecule has 0 amide bonds. The van der Waals surface area contributed by atoms with Crippen molar-refractivity contribution in [3.63, 3.8) is 0 Å². The van der Waals surface area contributed by atoms with Gasteiger partial charge in [0.15, 0.2) is 5.03 Å². The highest BCUT2D eigenvalue weighted by molar-refractivity contribution is 7.89. The molecule has 1 aromatic heterocycles. The van der Waals surface area contributed by atoms with Crippen LogP contribution < -0.4 is 10.0 Å². The quantitative estimate of drug-likeness (QED) is 0.809. The van der Waals surface area contributed by atoms with E-state index < -0.39 is 10.0 Å². The second-order valence-electron chi connectivity index (χ2n) is 4.04. The molecule has 1 fully saturated rings. The summed E-state index contributed by atoms with van der Waals surface area (Å²) < 4.78 is 28.1. The Morgan fingerprint density at radius 3 is 2.88 bits per heavy atom. The van der Waals surface area contributed by atoms with Crippen molar-refractivity contribution >= 4 is 22.4 Å². The van der Waals surface area contributed by atoms with E-state index in [1.165, 1.54) is 12.5 Å². The Bertz CT molecular complexity index is 453. The second-order valence-corrected chi connectivity index (χ2v) is 5.70. The van der Waals surface area contributed by atoms with Gasteiger partial charge in [-0.3, -0.25) is 0 Å². The van der Waals surface area contributed by atoms with Gasteiger partial charge < -0.3 is 9.88 Å². The molecule has 2 heterocycles. The zero-order chi connectivity index (χ0) is 11.6. The van der Waals surface area contributed by atoms with Crippen molar-refractivity contribution in [1.82, 2.24) is 19.6 Å². The first kappa shape index (κ1) is 14.4. The van der Waals surface area contributed by atoms with Crippen molar-refractivity contribution in [2.75, 3.05) is 13.1 Å². The highest BCUT2D eigenvalue weighted by atomic mass is 35.5. The maximum atomic E-state index is 11.9. The molecule has 2 rings (SSSR count). The lowest BCUT2D eigenvalue weighted by molar-refractivity contribution is 0.428. The van der Waals surface area contributed by atoms with Gasteiger partial charge in [0, 0.05) is 25.8 Å². The molecule has 1 aromatic rings. The summed E-state index contributed by atoms with van der Waals surface area (Å²) in [6.45, 7) is 1.65. The minimum absolute atomic E-state index is 0. The van der Waals surface area contributed by atoms with E-state index in [9.17, 15) is 8.42 Å². The van der Waals surface area contributed by atoms with Crippen molar-refractivity contribution in [1.29, 1.82) is 0 Å². The van der Waals surface area contributed by atoms with Crippen LogP contribution >= 0.6 is 12.4 Å². The summed E-state index contributed by atoms with van der Waals surface area (Å²) in [6, 6.07) is -0.0271. The Hall–Kier alpha value is -0.630. The lowest BCUT2D eigenvalue weighted by Crippen LogP contribution is -2.45. The van der Waals surface area contributed by atoms with Crippen molar-refractivity contribution in [3.8, 4) is 0 Å². The fourth-order valence-corrected chi connectivity index (χ4v) is 3.01. The van der Waals surface area contributed by atoms with Gasteiger partial charge in [-0.2, -0.15) is 0 Å². The Labute approximate surface area is 107 Å². The molecule has 1 saturated heterocycles. The highest BCUT2D eigenvalue weighted by Gasteiger charge is 2.23. The van der Waals surface area contributed by atoms with Crippen LogP contribution in [0.4, 0.5) is 0 Å². The van der Waals surface area contributed by atoms with E-state index in [1.807, 2.05) is 0 Å². The van der Waals surface area contributed by atoms with Gasteiger partial charge >= 0.3 is 0 Å². The zero-order valence-corrected chi connectivity index (χ0v) is 11.2. The Kier molecular flexibility index (Phi) is 4.93. The molecule has 1 aliphatic heterocycles. The van der Waals surface area contributed by atoms with Crippen molar-refractivity contribution in [3.05, 3.63) is 12.5 Å². The van der Waals surface area contributed by atoms with Crippen LogP contribution in [0.5, 0.6) is 0 Å². The molecule has 17 heavy (non-hydrogen) atoms. The van der Waals surface area contributed by atoms with Crippen LogP contribution in [0.1, 0.15) is 12.8 Å². The summed E-state index contributed by atoms with van der Waals surface area (Å²) in [5.41, 5.74) is 0. The third kappa shape index (κ3) is 3.67. The van der Waals surface area contributed by atoms with E-state index in [4.69, 9.17) is 0 Å². The fourth-order valence-electron chi connectivity index (χ4n) is 1.76. The fraction of sp³-hybridized carbons (Fsp3) is 0.667. The van der Waals surface area contributed by atoms with E-state index in [0.717, 1.165) is 19.4 Å². The molecule has 98 valence electrons. The lowest BCUT2D eigenvalue weighted by Gasteiger charge is -2.22. The van der Waals surface area contributed by atoms with Gasteiger partial charge in [0.1, 0.15) is 0 Å². The van der Waals surface area contributed by atoms with Crippen molar-refractivity contribution in [2.24, 2.45) is 7.05 Å². The van der Waals surface area contributed by atoms with E-state index in [2.05, 4.69) is 15.0 Å². The maximum Gasteiger partial charge on any atom is 0.259 e. The molecule has 0 aromatic carbocycles. The predicted molar refractivity (Wildman–Crippen MR) is 66.7 cm³/mol. The molecule has 6 nitrogen and oxygen atoms in total. The second kappa shape index (κ2) is 5.81. The van der Waals surface area contributed by atoms with Crippen molar-refractivity contribution < 1.29 is 8.42 Å². The number of hydrogen-bond acceptors (Lipinski definition) is 4. The lowest BCUT2D eigenvalue weighted by atomic mass is 10.1. The molecule has 8 heteroatoms. The van der Waals surface area contributed by atoms with Crippen LogP contribution in [0.3, 0.4) is 0 Å². The topological polar surface area (TPSA) is 76.0 Å². The Morgan fingerprint density at radius 2 is 2.35 bits per heavy atom. The molecular formula is C9H17ClN4O2S. The third-order valence-electron chi connectivity index (χ3n) is 2.58. The number of aryl methyl sites for hydroxylation is 1. The first-order chi connectivity index (χ1) is 7.58. The van der Waals surface area contributed by atoms with E-state index in [1.54, 1.807) is 11.6 Å². The molecule has 0 unspecified atom stereocenters. The number of rotatable bonds is 3. The van der Waals surface area contributed by atoms with Gasteiger partial charge in [0.25, 0.3) is 10.0 Å². The van der Waals surface area contributed by atoms with E-state index in [0.29, 0.717) is 6.54 Å². The van der Waals surface area contributed by atoms with Gasteiger partial charge in [0.05, 0.1) is 6.33 Å². The first-order valence-electron chi connectivity index (χ1n) is 5.29. The van der Waals surface area contributed by atoms with Crippen LogP contribution in [0, 0.1) is 0 Å². The maximum absolute atomic E-state index is 11.9. The van der Waals surface area contributed by atoms with Crippen LogP contribution in [-0.4, -0.2) is 37.1 Å². The van der Waals surface area contributed by atoms with Gasteiger partial charge in [-0.05, 0) is 19.4 Å². The summed E-state index contributed by atoms with van der Waals surface area (Å²) in [5, 5.41) is 3.25. The number of imidazole rings is 1. The number of nitrogens with zero attached hydrogens (tertiary/aromatic N) is 2. The number of halogens is 1. The minimum Gasteiger partial charge on any atom is -0.339 e. The Balaban J connectivity index is 0.00000144. The van der Waals surface area contributed by atoms with Gasteiger partial charge in [0.2, 0.25) is 0 Å². The normalized spacial score (nSPS) is 20.9. The largest absolute Gasteiger partial charge is 0.339 e. The highest BCUT2D eigenvalue weighted by Crippen LogP contribution is 2.08. The van der Waals surface area contributed by atoms with Crippen LogP contribution in [0.15, 0.2) is 17.6 Å². The SMILES string of the molecule is Cl.Cn1cnc(S(=O)(=O)N[C@@H]2CCCNC2)c1. The van der Waals surface area contributed by atoms with Crippen LogP contribution in [0.25, 0.3) is 0 Å². The summed E-state index contributed by atoms with van der Waals surface area (Å²) in [4.78, 5) is 3.85. The summed E-state index contributed by atoms with van der Waals surface area (Å²) >= 11 is 0. The van der Waals surface area contributed by atoms with Crippen molar-refractivity contribution in [2.45, 2.75) is 23.9 Å². The van der Waals surface area contributed by atoms with E-state index >= 15 is 0 Å². The van der Waals surface area contributed by atoms with E-state index in [-0.39, 0.29) is 23.5 Å². The van der Waals surface area contributed by atoms with Gasteiger partial charge in [-0.25, -0.2) is 18.1 Å². The smallest absolute Gasteiger partial charge is 0.259 e. The molecular weight excluding hydrogens is 264 g/mol. The monoisotopic (exact) mass is 280 g/mol. The average Bonchev–Trinajstić information content (AvgIpc) is 2.66. The predicted octanol–water partition coefficient (Wildman–Crippen LogP) is -0.128. The van der Waals surface area contributed by atoms with Crippen LogP contribution in [0.2, 0.25) is 0 Å². The molecule has 1 atom stereocenters. The van der Waals surface area contributed by atoms with Gasteiger partial charge in [-0.15, -0.1) is 12.4 Å². The third-order valence-corrected chi connectivity index (χ3v) is 3.98. The summed E-state index contributed by atoms with van der Waals surface area (Å²) in [6.07, 6.45) is 4.85. The molecule has 2 N–H and O–H groups in total. The number of sulfonamides is 1. The average molecular weight is 281 g/mol. The number of piperidine rings is 1. The molecule has 0 radical (unpaired) electrons. The van der Waals surface area contributed by atoms with Gasteiger partial charge in [-0.1, -0.05) is 0 Å². The summed E-state index contributed by atoms with van der Waals surface area (Å²) in [7, 11) is -1.72. The molecule has 0 aliphatic carbocycles. The molecule has 0 spiro atoms. The minimum atomic E-state index is -3.46. The Morgan fingerprint density at radius 1 is 1.59 bits per heavy atom. The molecule has 0 bridgehead atoms. The standard InChI is InChI=1S/C9H16N4O2S.ClH/c1-13-6-9(11-7-13)16(14,15)12-8-3-2-4-10-5-8;/h6-8,10,12H,2-5H2,1H3;1H/t8-;/m1./s1. The molecule has 0 saturated carbocycles. The number of aromatic nitrogens is 2. The number of hydrogen-bond donors (Lipinski definition) is 2. The zero-order valence-electron chi connectivity index (χ0n) is 9.59. The summed E-state index contributed by atoms with van der Waals surface area (Å²) in [5.74, 6) is 0. The first-order valence-corrected chi connectivity index (χ1v) is 6.77.